The summed E-state index contributed by atoms with van der Waals surface area (Å²) in [7, 11) is 0. The van der Waals surface area contributed by atoms with Crippen molar-refractivity contribution in [2.75, 3.05) is 0 Å². The molecule has 1 atom stereocenters. The molecule has 0 N–H and O–H groups in total. The van der Waals surface area contributed by atoms with Gasteiger partial charge in [0, 0.05) is 12.8 Å². The first-order chi connectivity index (χ1) is 11.8. The summed E-state index contributed by atoms with van der Waals surface area (Å²) >= 11 is 0. The smallest absolute Gasteiger partial charge is 0.00887 e. The van der Waals surface area contributed by atoms with Gasteiger partial charge in [0.05, 0.1) is 0 Å². The first kappa shape index (κ1) is 23.6. The Kier molecular flexibility index (Phi) is 20.2. The van der Waals surface area contributed by atoms with Gasteiger partial charge in [-0.1, -0.05) is 104 Å². The molecular formula is C24H44. The van der Waals surface area contributed by atoms with Gasteiger partial charge in [-0.25, -0.2) is 0 Å². The van der Waals surface area contributed by atoms with Gasteiger partial charge in [0.1, 0.15) is 0 Å². The molecule has 2 radical (unpaired) electrons. The molecular weight excluding hydrogens is 288 g/mol. The maximum Gasteiger partial charge on any atom is 0.00887 e. The minimum atomic E-state index is 0.939. The zero-order chi connectivity index (χ0) is 17.7. The van der Waals surface area contributed by atoms with Crippen LogP contribution in [0.4, 0.5) is 0 Å². The maximum absolute atomic E-state index is 3.91. The van der Waals surface area contributed by atoms with E-state index in [2.05, 4.69) is 32.6 Å². The molecule has 0 bridgehead atoms. The van der Waals surface area contributed by atoms with Crippen molar-refractivity contribution < 1.29 is 0 Å². The molecule has 0 fully saturated rings. The van der Waals surface area contributed by atoms with E-state index in [0.717, 1.165) is 31.6 Å². The SMILES string of the molecule is [CH2]CCCCCCC#CCCCC(CC)CCCCCCCC[CH2]. The first-order valence-electron chi connectivity index (χ1n) is 10.9. The Morgan fingerprint density at radius 3 is 1.62 bits per heavy atom. The van der Waals surface area contributed by atoms with Crippen LogP contribution in [0.1, 0.15) is 122 Å². The van der Waals surface area contributed by atoms with E-state index in [9.17, 15) is 0 Å². The highest BCUT2D eigenvalue weighted by Crippen LogP contribution is 2.20. The van der Waals surface area contributed by atoms with Crippen molar-refractivity contribution in [2.45, 2.75) is 122 Å². The molecule has 0 saturated carbocycles. The maximum atomic E-state index is 3.91. The van der Waals surface area contributed by atoms with E-state index >= 15 is 0 Å². The van der Waals surface area contributed by atoms with E-state index in [0.29, 0.717) is 0 Å². The molecule has 0 heterocycles. The fourth-order valence-corrected chi connectivity index (χ4v) is 3.27. The summed E-state index contributed by atoms with van der Waals surface area (Å²) in [5, 5.41) is 0. The van der Waals surface area contributed by atoms with E-state index in [4.69, 9.17) is 0 Å². The number of hydrogen-bond donors (Lipinski definition) is 0. The van der Waals surface area contributed by atoms with Gasteiger partial charge < -0.3 is 0 Å². The number of rotatable bonds is 17. The highest BCUT2D eigenvalue weighted by atomic mass is 14.1. The van der Waals surface area contributed by atoms with Crippen molar-refractivity contribution >= 4 is 0 Å². The van der Waals surface area contributed by atoms with Gasteiger partial charge in [-0.2, -0.15) is 0 Å². The Labute approximate surface area is 154 Å². The molecule has 0 rings (SSSR count). The van der Waals surface area contributed by atoms with Crippen LogP contribution in [0.2, 0.25) is 0 Å². The Bertz CT molecular complexity index is 280. The van der Waals surface area contributed by atoms with Crippen molar-refractivity contribution in [3.05, 3.63) is 13.8 Å². The third-order valence-corrected chi connectivity index (χ3v) is 5.03. The Hall–Kier alpha value is -0.440. The minimum Gasteiger partial charge on any atom is -0.103 e. The molecule has 0 nitrogen and oxygen atoms in total. The Morgan fingerprint density at radius 2 is 1.04 bits per heavy atom. The zero-order valence-corrected chi connectivity index (χ0v) is 16.7. The van der Waals surface area contributed by atoms with Crippen LogP contribution in [0, 0.1) is 31.6 Å². The lowest BCUT2D eigenvalue weighted by Crippen LogP contribution is -1.99. The summed E-state index contributed by atoms with van der Waals surface area (Å²) in [6.45, 7) is 10.1. The van der Waals surface area contributed by atoms with Crippen LogP contribution in [0.5, 0.6) is 0 Å². The van der Waals surface area contributed by atoms with Crippen molar-refractivity contribution in [1.82, 2.24) is 0 Å². The summed E-state index contributed by atoms with van der Waals surface area (Å²) in [4.78, 5) is 0. The summed E-state index contributed by atoms with van der Waals surface area (Å²) in [5.74, 6) is 7.68. The third-order valence-electron chi connectivity index (χ3n) is 5.03. The van der Waals surface area contributed by atoms with Crippen molar-refractivity contribution in [2.24, 2.45) is 5.92 Å². The quantitative estimate of drug-likeness (QED) is 0.185. The largest absolute Gasteiger partial charge is 0.103 e. The van der Waals surface area contributed by atoms with E-state index in [1.807, 2.05) is 0 Å². The second-order valence-corrected chi connectivity index (χ2v) is 7.30. The van der Waals surface area contributed by atoms with Gasteiger partial charge in [-0.15, -0.1) is 11.8 Å². The van der Waals surface area contributed by atoms with E-state index < -0.39 is 0 Å². The highest BCUT2D eigenvalue weighted by molar-refractivity contribution is 4.98. The van der Waals surface area contributed by atoms with Crippen molar-refractivity contribution in [3.8, 4) is 11.8 Å². The predicted molar refractivity (Wildman–Crippen MR) is 111 cm³/mol. The second kappa shape index (κ2) is 20.6. The molecule has 0 saturated heterocycles. The van der Waals surface area contributed by atoms with E-state index in [1.165, 1.54) is 89.9 Å². The van der Waals surface area contributed by atoms with Crippen molar-refractivity contribution in [3.63, 3.8) is 0 Å². The normalized spacial score (nSPS) is 12.0. The third kappa shape index (κ3) is 17.9. The molecule has 0 aromatic heterocycles. The van der Waals surface area contributed by atoms with Crippen LogP contribution in [0.25, 0.3) is 0 Å². The molecule has 0 aliphatic rings. The lowest BCUT2D eigenvalue weighted by atomic mass is 9.93. The molecule has 140 valence electrons. The molecule has 0 aromatic carbocycles. The number of hydrogen-bond acceptors (Lipinski definition) is 0. The molecule has 0 heteroatoms. The monoisotopic (exact) mass is 332 g/mol. The molecule has 0 aliphatic carbocycles. The average Bonchev–Trinajstić information content (AvgIpc) is 2.60. The predicted octanol–water partition coefficient (Wildman–Crippen LogP) is 8.32. The number of unbranched alkanes of at least 4 members (excludes halogenated alkanes) is 12. The molecule has 0 aromatic rings. The Balaban J connectivity index is 3.42. The zero-order valence-electron chi connectivity index (χ0n) is 16.7. The van der Waals surface area contributed by atoms with E-state index in [1.54, 1.807) is 0 Å². The molecule has 24 heavy (non-hydrogen) atoms. The van der Waals surface area contributed by atoms with Gasteiger partial charge in [-0.05, 0) is 25.2 Å². The van der Waals surface area contributed by atoms with Gasteiger partial charge in [-0.3, -0.25) is 0 Å². The van der Waals surface area contributed by atoms with E-state index in [-0.39, 0.29) is 0 Å². The van der Waals surface area contributed by atoms with Crippen LogP contribution in [-0.2, 0) is 0 Å². The van der Waals surface area contributed by atoms with Gasteiger partial charge in [0.15, 0.2) is 0 Å². The summed E-state index contributed by atoms with van der Waals surface area (Å²) < 4.78 is 0. The molecule has 0 aliphatic heterocycles. The fraction of sp³-hybridized carbons (Fsp3) is 0.833. The highest BCUT2D eigenvalue weighted by Gasteiger charge is 2.05. The van der Waals surface area contributed by atoms with Gasteiger partial charge >= 0.3 is 0 Å². The van der Waals surface area contributed by atoms with Crippen LogP contribution in [0.15, 0.2) is 0 Å². The van der Waals surface area contributed by atoms with Crippen LogP contribution in [0.3, 0.4) is 0 Å². The van der Waals surface area contributed by atoms with Gasteiger partial charge in [0.2, 0.25) is 0 Å². The fourth-order valence-electron chi connectivity index (χ4n) is 3.27. The molecule has 1 unspecified atom stereocenters. The molecule has 0 spiro atoms. The minimum absolute atomic E-state index is 0.939. The first-order valence-corrected chi connectivity index (χ1v) is 10.9. The van der Waals surface area contributed by atoms with Crippen LogP contribution < -0.4 is 0 Å². The summed E-state index contributed by atoms with van der Waals surface area (Å²) in [6, 6.07) is 0. The van der Waals surface area contributed by atoms with Crippen LogP contribution in [-0.4, -0.2) is 0 Å². The van der Waals surface area contributed by atoms with Crippen molar-refractivity contribution in [1.29, 1.82) is 0 Å². The average molecular weight is 333 g/mol. The van der Waals surface area contributed by atoms with Gasteiger partial charge in [0.25, 0.3) is 0 Å². The van der Waals surface area contributed by atoms with Crippen LogP contribution >= 0.6 is 0 Å². The lowest BCUT2D eigenvalue weighted by molar-refractivity contribution is 0.403. The standard InChI is InChI=1S/C24H44/c1-4-7-9-11-13-14-15-17-19-21-23-24(6-3)22-20-18-16-12-10-8-5-2/h24H,1-2,4-14,16,18-23H2,3H3. The Morgan fingerprint density at radius 1 is 0.583 bits per heavy atom. The second-order valence-electron chi connectivity index (χ2n) is 7.30. The topological polar surface area (TPSA) is 0 Å². The molecule has 0 amide bonds. The summed E-state index contributed by atoms with van der Waals surface area (Å²) in [5.41, 5.74) is 0. The lowest BCUT2D eigenvalue weighted by Gasteiger charge is -2.13. The summed E-state index contributed by atoms with van der Waals surface area (Å²) in [6.07, 6.45) is 23.5.